The molecule has 0 saturated heterocycles. The second-order valence-electron chi connectivity index (χ2n) is 5.01. The van der Waals surface area contributed by atoms with Crippen molar-refractivity contribution < 1.29 is 19.4 Å². The molecule has 5 heteroatoms. The fourth-order valence-electron chi connectivity index (χ4n) is 2.24. The van der Waals surface area contributed by atoms with Crippen molar-refractivity contribution >= 4 is 18.6 Å². The van der Waals surface area contributed by atoms with Crippen molar-refractivity contribution in [2.45, 2.75) is 37.9 Å². The fraction of sp³-hybridized carbons (Fsp3) is 0.500. The van der Waals surface area contributed by atoms with Gasteiger partial charge in [-0.05, 0) is 35.6 Å². The van der Waals surface area contributed by atoms with E-state index < -0.39 is 5.97 Å². The Morgan fingerprint density at radius 3 is 2.58 bits per heavy atom. The summed E-state index contributed by atoms with van der Waals surface area (Å²) in [6, 6.07) is 3.94. The van der Waals surface area contributed by atoms with E-state index in [2.05, 4.69) is 26.5 Å². The number of aliphatic carboxylic acids is 1. The zero-order valence-corrected chi connectivity index (χ0v) is 11.9. The SMILES string of the molecule is CC(C)c1cc2c(cc1CC(S)CC(=O)O)OCO2. The van der Waals surface area contributed by atoms with Gasteiger partial charge in [-0.15, -0.1) is 0 Å². The van der Waals surface area contributed by atoms with E-state index in [1.54, 1.807) is 0 Å². The summed E-state index contributed by atoms with van der Waals surface area (Å²) in [6.07, 6.45) is 0.661. The number of carboxylic acid groups (broad SMARTS) is 1. The zero-order chi connectivity index (χ0) is 14.0. The number of hydrogen-bond acceptors (Lipinski definition) is 4. The third kappa shape index (κ3) is 3.35. The third-order valence-corrected chi connectivity index (χ3v) is 3.49. The molecule has 2 rings (SSSR count). The predicted molar refractivity (Wildman–Crippen MR) is 75.4 cm³/mol. The minimum atomic E-state index is -0.827. The van der Waals surface area contributed by atoms with E-state index >= 15 is 0 Å². The van der Waals surface area contributed by atoms with Crippen LogP contribution in [0.25, 0.3) is 0 Å². The summed E-state index contributed by atoms with van der Waals surface area (Å²) in [7, 11) is 0. The standard InChI is InChI=1S/C14H18O4S/c1-8(2)11-6-13-12(17-7-18-13)4-9(11)3-10(19)5-14(15)16/h4,6,8,10,19H,3,5,7H2,1-2H3,(H,15,16). The average molecular weight is 282 g/mol. The summed E-state index contributed by atoms with van der Waals surface area (Å²) >= 11 is 4.35. The lowest BCUT2D eigenvalue weighted by Crippen LogP contribution is -2.12. The highest BCUT2D eigenvalue weighted by atomic mass is 32.1. The van der Waals surface area contributed by atoms with Gasteiger partial charge in [-0.2, -0.15) is 12.6 Å². The van der Waals surface area contributed by atoms with Gasteiger partial charge in [0.05, 0.1) is 6.42 Å². The Kier molecular flexibility index (Phi) is 4.24. The van der Waals surface area contributed by atoms with Gasteiger partial charge < -0.3 is 14.6 Å². The van der Waals surface area contributed by atoms with Gasteiger partial charge in [0.25, 0.3) is 0 Å². The quantitative estimate of drug-likeness (QED) is 0.815. The molecule has 1 unspecified atom stereocenters. The summed E-state index contributed by atoms with van der Waals surface area (Å²) in [5, 5.41) is 8.60. The summed E-state index contributed by atoms with van der Waals surface area (Å²) < 4.78 is 10.8. The van der Waals surface area contributed by atoms with Gasteiger partial charge in [0.2, 0.25) is 6.79 Å². The first-order valence-corrected chi connectivity index (χ1v) is 6.81. The van der Waals surface area contributed by atoms with E-state index in [4.69, 9.17) is 14.6 Å². The molecule has 19 heavy (non-hydrogen) atoms. The maximum absolute atomic E-state index is 10.7. The summed E-state index contributed by atoms with van der Waals surface area (Å²) in [6.45, 7) is 4.45. The van der Waals surface area contributed by atoms with Crippen LogP contribution in [0.3, 0.4) is 0 Å². The maximum Gasteiger partial charge on any atom is 0.304 e. The highest BCUT2D eigenvalue weighted by Crippen LogP contribution is 2.38. The first-order chi connectivity index (χ1) is 8.97. The van der Waals surface area contributed by atoms with Crippen LogP contribution in [0.15, 0.2) is 12.1 Å². The van der Waals surface area contributed by atoms with Gasteiger partial charge in [-0.1, -0.05) is 13.8 Å². The topological polar surface area (TPSA) is 55.8 Å². The van der Waals surface area contributed by atoms with Gasteiger partial charge in [0, 0.05) is 5.25 Å². The second kappa shape index (κ2) is 5.74. The van der Waals surface area contributed by atoms with Crippen molar-refractivity contribution in [1.82, 2.24) is 0 Å². The second-order valence-corrected chi connectivity index (χ2v) is 5.75. The third-order valence-electron chi connectivity index (χ3n) is 3.12. The number of carbonyl (C=O) groups is 1. The largest absolute Gasteiger partial charge is 0.481 e. The molecule has 1 aromatic rings. The van der Waals surface area contributed by atoms with Crippen LogP contribution < -0.4 is 9.47 Å². The molecule has 0 aliphatic carbocycles. The van der Waals surface area contributed by atoms with E-state index in [0.717, 1.165) is 22.6 Å². The average Bonchev–Trinajstić information content (AvgIpc) is 2.73. The molecule has 0 radical (unpaired) electrons. The summed E-state index contributed by atoms with van der Waals surface area (Å²) in [4.78, 5) is 10.7. The van der Waals surface area contributed by atoms with Gasteiger partial charge >= 0.3 is 5.97 Å². The van der Waals surface area contributed by atoms with Crippen LogP contribution in [0.5, 0.6) is 11.5 Å². The molecule has 1 heterocycles. The van der Waals surface area contributed by atoms with Crippen LogP contribution in [0.1, 0.15) is 37.3 Å². The highest BCUT2D eigenvalue weighted by molar-refractivity contribution is 7.81. The normalized spacial score (nSPS) is 14.7. The summed E-state index contributed by atoms with van der Waals surface area (Å²) in [5.41, 5.74) is 2.24. The van der Waals surface area contributed by atoms with E-state index in [-0.39, 0.29) is 18.5 Å². The lowest BCUT2D eigenvalue weighted by Gasteiger charge is -2.16. The molecule has 0 bridgehead atoms. The first kappa shape index (κ1) is 14.1. The minimum absolute atomic E-state index is 0.0507. The zero-order valence-electron chi connectivity index (χ0n) is 11.0. The molecule has 0 saturated carbocycles. The van der Waals surface area contributed by atoms with Crippen molar-refractivity contribution in [2.24, 2.45) is 0 Å². The van der Waals surface area contributed by atoms with Gasteiger partial charge in [-0.25, -0.2) is 0 Å². The summed E-state index contributed by atoms with van der Waals surface area (Å²) in [5.74, 6) is 1.01. The maximum atomic E-state index is 10.7. The number of thiol groups is 1. The Morgan fingerprint density at radius 2 is 2.00 bits per heavy atom. The van der Waals surface area contributed by atoms with Gasteiger partial charge in [0.1, 0.15) is 0 Å². The van der Waals surface area contributed by atoms with Crippen LogP contribution in [-0.2, 0) is 11.2 Å². The predicted octanol–water partition coefficient (Wildman–Crippen LogP) is 2.85. The highest BCUT2D eigenvalue weighted by Gasteiger charge is 2.20. The minimum Gasteiger partial charge on any atom is -0.481 e. The monoisotopic (exact) mass is 282 g/mol. The Balaban J connectivity index is 2.25. The van der Waals surface area contributed by atoms with Crippen molar-refractivity contribution in [2.75, 3.05) is 6.79 Å². The molecule has 1 atom stereocenters. The number of ether oxygens (including phenoxy) is 2. The Labute approximate surface area is 118 Å². The van der Waals surface area contributed by atoms with E-state index in [0.29, 0.717) is 12.3 Å². The van der Waals surface area contributed by atoms with Crippen molar-refractivity contribution in [3.05, 3.63) is 23.3 Å². The van der Waals surface area contributed by atoms with Gasteiger partial charge in [-0.3, -0.25) is 4.79 Å². The number of hydrogen-bond donors (Lipinski definition) is 2. The molecule has 1 N–H and O–H groups in total. The number of benzene rings is 1. The van der Waals surface area contributed by atoms with E-state index in [1.807, 2.05) is 12.1 Å². The number of carboxylic acids is 1. The van der Waals surface area contributed by atoms with Gasteiger partial charge in [0.15, 0.2) is 11.5 Å². The van der Waals surface area contributed by atoms with Crippen molar-refractivity contribution in [3.8, 4) is 11.5 Å². The van der Waals surface area contributed by atoms with Crippen LogP contribution >= 0.6 is 12.6 Å². The Hall–Kier alpha value is -1.36. The van der Waals surface area contributed by atoms with Crippen LogP contribution in [0.4, 0.5) is 0 Å². The molecule has 1 aliphatic rings. The smallest absolute Gasteiger partial charge is 0.304 e. The van der Waals surface area contributed by atoms with Crippen LogP contribution in [0.2, 0.25) is 0 Å². The van der Waals surface area contributed by atoms with Crippen molar-refractivity contribution in [3.63, 3.8) is 0 Å². The molecule has 0 spiro atoms. The molecule has 0 aromatic heterocycles. The molecule has 1 aliphatic heterocycles. The van der Waals surface area contributed by atoms with E-state index in [9.17, 15) is 4.79 Å². The van der Waals surface area contributed by atoms with Crippen LogP contribution in [0, 0.1) is 0 Å². The van der Waals surface area contributed by atoms with Crippen molar-refractivity contribution in [1.29, 1.82) is 0 Å². The molecule has 1 aromatic carbocycles. The molecule has 104 valence electrons. The number of fused-ring (bicyclic) bond motifs is 1. The first-order valence-electron chi connectivity index (χ1n) is 6.29. The molecular formula is C14H18O4S. The molecular weight excluding hydrogens is 264 g/mol. The lowest BCUT2D eigenvalue weighted by molar-refractivity contribution is -0.136. The van der Waals surface area contributed by atoms with E-state index in [1.165, 1.54) is 0 Å². The molecule has 4 nitrogen and oxygen atoms in total. The molecule has 0 fully saturated rings. The molecule has 0 amide bonds. The lowest BCUT2D eigenvalue weighted by atomic mass is 9.93. The Morgan fingerprint density at radius 1 is 1.37 bits per heavy atom. The fourth-order valence-corrected chi connectivity index (χ4v) is 2.59. The number of rotatable bonds is 5. The van der Waals surface area contributed by atoms with Crippen LogP contribution in [-0.4, -0.2) is 23.1 Å². The Bertz CT molecular complexity index is 485.